The molecule has 0 fully saturated rings. The number of rotatable bonds is 4. The number of para-hydroxylation sites is 2. The van der Waals surface area contributed by atoms with Crippen LogP contribution in [0.15, 0.2) is 24.3 Å². The Morgan fingerprint density at radius 3 is 2.47 bits per heavy atom. The number of alkyl halides is 1. The summed E-state index contributed by atoms with van der Waals surface area (Å²) in [5.41, 5.74) is 1.42. The van der Waals surface area contributed by atoms with E-state index in [4.69, 9.17) is 0 Å². The first kappa shape index (κ1) is 12.3. The average Bonchev–Trinajstić information content (AvgIpc) is 2.18. The molecular weight excluding hydrogens is 280 g/mol. The van der Waals surface area contributed by atoms with Crippen molar-refractivity contribution in [1.29, 1.82) is 0 Å². The van der Waals surface area contributed by atoms with Gasteiger partial charge in [-0.1, -0.05) is 28.1 Å². The molecule has 0 radical (unpaired) electrons. The van der Waals surface area contributed by atoms with E-state index in [0.29, 0.717) is 5.69 Å². The summed E-state index contributed by atoms with van der Waals surface area (Å²) in [5.74, 6) is 0. The third-order valence-corrected chi connectivity index (χ3v) is 4.42. The van der Waals surface area contributed by atoms with Gasteiger partial charge < -0.3 is 4.90 Å². The van der Waals surface area contributed by atoms with Gasteiger partial charge in [-0.2, -0.15) is 0 Å². The van der Waals surface area contributed by atoms with Crippen LogP contribution in [0.25, 0.3) is 0 Å². The van der Waals surface area contributed by atoms with Gasteiger partial charge in [0.2, 0.25) is 10.0 Å². The number of halogens is 1. The van der Waals surface area contributed by atoms with Gasteiger partial charge in [0, 0.05) is 14.1 Å². The minimum absolute atomic E-state index is 0.109. The molecule has 0 spiro atoms. The third-order valence-electron chi connectivity index (χ3n) is 1.79. The summed E-state index contributed by atoms with van der Waals surface area (Å²) in [5, 5.41) is 0. The van der Waals surface area contributed by atoms with Crippen molar-refractivity contribution in [3.63, 3.8) is 0 Å². The second-order valence-electron chi connectivity index (χ2n) is 3.24. The van der Waals surface area contributed by atoms with Crippen molar-refractivity contribution in [2.24, 2.45) is 0 Å². The van der Waals surface area contributed by atoms with Crippen LogP contribution in [-0.2, 0) is 10.0 Å². The highest BCUT2D eigenvalue weighted by atomic mass is 79.9. The maximum atomic E-state index is 11.4. The number of nitrogens with one attached hydrogen (secondary N) is 1. The number of anilines is 2. The van der Waals surface area contributed by atoms with Gasteiger partial charge in [-0.15, -0.1) is 0 Å². The molecule has 0 aliphatic rings. The standard InChI is InChI=1S/C9H13BrN2O2S/c1-12(2)9-6-4-3-5-8(9)11-15(13,14)7-10/h3-6,11H,7H2,1-2H3. The first-order valence-electron chi connectivity index (χ1n) is 4.29. The molecule has 6 heteroatoms. The van der Waals surface area contributed by atoms with Gasteiger partial charge in [0.05, 0.1) is 11.4 Å². The highest BCUT2D eigenvalue weighted by Gasteiger charge is 2.11. The van der Waals surface area contributed by atoms with E-state index >= 15 is 0 Å². The van der Waals surface area contributed by atoms with E-state index < -0.39 is 10.0 Å². The van der Waals surface area contributed by atoms with Crippen molar-refractivity contribution in [1.82, 2.24) is 0 Å². The Morgan fingerprint density at radius 1 is 1.33 bits per heavy atom. The molecule has 0 bridgehead atoms. The van der Waals surface area contributed by atoms with Crippen molar-refractivity contribution in [3.05, 3.63) is 24.3 Å². The molecule has 4 nitrogen and oxygen atoms in total. The molecule has 0 saturated heterocycles. The maximum Gasteiger partial charge on any atom is 0.242 e. The Balaban J connectivity index is 3.05. The van der Waals surface area contributed by atoms with Crippen LogP contribution >= 0.6 is 15.9 Å². The number of sulfonamides is 1. The minimum Gasteiger partial charge on any atom is -0.376 e. The lowest BCUT2D eigenvalue weighted by atomic mass is 10.2. The van der Waals surface area contributed by atoms with Crippen molar-refractivity contribution in [3.8, 4) is 0 Å². The lowest BCUT2D eigenvalue weighted by molar-refractivity contribution is 0.606. The summed E-state index contributed by atoms with van der Waals surface area (Å²) in [7, 11) is 0.436. The second-order valence-corrected chi connectivity index (χ2v) is 6.26. The van der Waals surface area contributed by atoms with Gasteiger partial charge in [-0.3, -0.25) is 4.72 Å². The average molecular weight is 293 g/mol. The molecule has 0 aromatic heterocycles. The van der Waals surface area contributed by atoms with Crippen molar-refractivity contribution < 1.29 is 8.42 Å². The van der Waals surface area contributed by atoms with Crippen LogP contribution in [0.4, 0.5) is 11.4 Å². The Kier molecular flexibility index (Phi) is 3.98. The van der Waals surface area contributed by atoms with Crippen LogP contribution in [0.1, 0.15) is 0 Å². The molecule has 0 heterocycles. The molecule has 0 amide bonds. The molecule has 1 aromatic carbocycles. The van der Waals surface area contributed by atoms with E-state index in [1.54, 1.807) is 12.1 Å². The third kappa shape index (κ3) is 3.39. The Labute approximate surface area is 98.5 Å². The molecule has 0 unspecified atom stereocenters. The summed E-state index contributed by atoms with van der Waals surface area (Å²) in [6.45, 7) is 0. The Bertz CT molecular complexity index is 431. The number of hydrogen-bond donors (Lipinski definition) is 1. The quantitative estimate of drug-likeness (QED) is 0.862. The van der Waals surface area contributed by atoms with Crippen LogP contribution in [0.2, 0.25) is 0 Å². The molecule has 1 rings (SSSR count). The van der Waals surface area contributed by atoms with Crippen LogP contribution < -0.4 is 9.62 Å². The monoisotopic (exact) mass is 292 g/mol. The molecule has 15 heavy (non-hydrogen) atoms. The SMILES string of the molecule is CN(C)c1ccccc1NS(=O)(=O)CBr. The van der Waals surface area contributed by atoms with Crippen LogP contribution in [0.3, 0.4) is 0 Å². The summed E-state index contributed by atoms with van der Waals surface area (Å²) < 4.78 is 25.1. The number of benzene rings is 1. The van der Waals surface area contributed by atoms with E-state index in [-0.39, 0.29) is 4.66 Å². The fourth-order valence-corrected chi connectivity index (χ4v) is 2.05. The minimum atomic E-state index is -3.29. The highest BCUT2D eigenvalue weighted by molar-refractivity contribution is 9.10. The van der Waals surface area contributed by atoms with Gasteiger partial charge in [-0.05, 0) is 12.1 Å². The highest BCUT2D eigenvalue weighted by Crippen LogP contribution is 2.24. The normalized spacial score (nSPS) is 11.1. The molecule has 0 atom stereocenters. The molecule has 1 N–H and O–H groups in total. The molecule has 0 aliphatic heterocycles. The fraction of sp³-hybridized carbons (Fsp3) is 0.333. The molecular formula is C9H13BrN2O2S. The molecule has 0 aliphatic carbocycles. The summed E-state index contributed by atoms with van der Waals surface area (Å²) in [6.07, 6.45) is 0. The number of nitrogens with zero attached hydrogens (tertiary/aromatic N) is 1. The Morgan fingerprint density at radius 2 is 1.93 bits per heavy atom. The first-order valence-corrected chi connectivity index (χ1v) is 7.06. The zero-order valence-electron chi connectivity index (χ0n) is 8.57. The molecule has 0 saturated carbocycles. The van der Waals surface area contributed by atoms with Crippen molar-refractivity contribution in [2.45, 2.75) is 0 Å². The molecule has 1 aromatic rings. The molecule has 84 valence electrons. The smallest absolute Gasteiger partial charge is 0.242 e. The van der Waals surface area contributed by atoms with Gasteiger partial charge in [0.1, 0.15) is 4.66 Å². The lowest BCUT2D eigenvalue weighted by Crippen LogP contribution is -2.17. The largest absolute Gasteiger partial charge is 0.376 e. The van der Waals surface area contributed by atoms with E-state index in [1.165, 1.54) is 0 Å². The van der Waals surface area contributed by atoms with Crippen molar-refractivity contribution >= 4 is 37.3 Å². The van der Waals surface area contributed by atoms with E-state index in [1.807, 2.05) is 31.1 Å². The maximum absolute atomic E-state index is 11.4. The topological polar surface area (TPSA) is 49.4 Å². The zero-order chi connectivity index (χ0) is 11.5. The van der Waals surface area contributed by atoms with Gasteiger partial charge in [0.15, 0.2) is 0 Å². The van der Waals surface area contributed by atoms with Gasteiger partial charge in [0.25, 0.3) is 0 Å². The zero-order valence-corrected chi connectivity index (χ0v) is 11.0. The van der Waals surface area contributed by atoms with Crippen molar-refractivity contribution in [2.75, 3.05) is 28.4 Å². The second kappa shape index (κ2) is 4.85. The van der Waals surface area contributed by atoms with E-state index in [2.05, 4.69) is 20.7 Å². The van der Waals surface area contributed by atoms with Crippen LogP contribution in [0.5, 0.6) is 0 Å². The first-order chi connectivity index (χ1) is 6.96. The Hall–Kier alpha value is -0.750. The van der Waals surface area contributed by atoms with E-state index in [9.17, 15) is 8.42 Å². The lowest BCUT2D eigenvalue weighted by Gasteiger charge is -2.17. The van der Waals surface area contributed by atoms with Gasteiger partial charge in [-0.25, -0.2) is 8.42 Å². The summed E-state index contributed by atoms with van der Waals surface area (Å²) in [4.78, 5) is 1.85. The van der Waals surface area contributed by atoms with Crippen LogP contribution in [-0.4, -0.2) is 27.2 Å². The van der Waals surface area contributed by atoms with E-state index in [0.717, 1.165) is 5.69 Å². The summed E-state index contributed by atoms with van der Waals surface area (Å²) >= 11 is 2.93. The predicted octanol–water partition coefficient (Wildman–Crippen LogP) is 1.85. The van der Waals surface area contributed by atoms with Gasteiger partial charge >= 0.3 is 0 Å². The van der Waals surface area contributed by atoms with Crippen LogP contribution in [0, 0.1) is 0 Å². The summed E-state index contributed by atoms with van der Waals surface area (Å²) in [6, 6.07) is 7.24. The number of hydrogen-bond acceptors (Lipinski definition) is 3. The predicted molar refractivity (Wildman–Crippen MR) is 67.1 cm³/mol. The fourth-order valence-electron chi connectivity index (χ4n) is 1.14.